The lowest BCUT2D eigenvalue weighted by Gasteiger charge is -2.32. The zero-order valence-electron chi connectivity index (χ0n) is 16.9. The summed E-state index contributed by atoms with van der Waals surface area (Å²) in [6.07, 6.45) is 0. The average molecular weight is 394 g/mol. The molecule has 0 spiro atoms. The standard InChI is InChI=1S/C22H26N4O3/c1-14-7-4-5-8-16(14)20-17-13-25(19-10-6-9-18(23-19)21(27)28)11-15(17)12-26(20)22(29)24(2)3/h4-10,15,17,20H,11-13H2,1-3H3,(H,27,28)/t15-,17-,20+/m1/s1. The van der Waals surface area contributed by atoms with E-state index in [0.717, 1.165) is 13.1 Å². The van der Waals surface area contributed by atoms with E-state index in [0.29, 0.717) is 18.3 Å². The van der Waals surface area contributed by atoms with Crippen molar-refractivity contribution in [1.82, 2.24) is 14.8 Å². The third kappa shape index (κ3) is 3.41. The van der Waals surface area contributed by atoms with Gasteiger partial charge in [0.05, 0.1) is 6.04 Å². The fourth-order valence-corrected chi connectivity index (χ4v) is 4.72. The van der Waals surface area contributed by atoms with Crippen LogP contribution in [0.15, 0.2) is 42.5 Å². The van der Waals surface area contributed by atoms with Gasteiger partial charge in [-0.2, -0.15) is 0 Å². The number of carboxylic acid groups (broad SMARTS) is 1. The van der Waals surface area contributed by atoms with Crippen LogP contribution in [0.25, 0.3) is 0 Å². The second-order valence-corrected chi connectivity index (χ2v) is 8.15. The highest BCUT2D eigenvalue weighted by atomic mass is 16.4. The van der Waals surface area contributed by atoms with E-state index in [1.165, 1.54) is 17.2 Å². The van der Waals surface area contributed by atoms with Gasteiger partial charge in [0.2, 0.25) is 0 Å². The SMILES string of the molecule is Cc1ccccc1[C@H]1[C@@H]2CN(c3cccc(C(=O)O)n3)C[C@@H]2CN1C(=O)N(C)C. The predicted molar refractivity (Wildman–Crippen MR) is 110 cm³/mol. The lowest BCUT2D eigenvalue weighted by molar-refractivity contribution is 0.0690. The normalized spacial score (nSPS) is 23.2. The Labute approximate surface area is 170 Å². The van der Waals surface area contributed by atoms with Gasteiger partial charge < -0.3 is 19.8 Å². The lowest BCUT2D eigenvalue weighted by atomic mass is 9.88. The summed E-state index contributed by atoms with van der Waals surface area (Å²) in [5, 5.41) is 9.25. The maximum Gasteiger partial charge on any atom is 0.354 e. The molecule has 3 atom stereocenters. The number of fused-ring (bicyclic) bond motifs is 1. The van der Waals surface area contributed by atoms with E-state index in [4.69, 9.17) is 0 Å². The number of amides is 2. The molecule has 29 heavy (non-hydrogen) atoms. The quantitative estimate of drug-likeness (QED) is 0.866. The molecular formula is C22H26N4O3. The number of nitrogens with zero attached hydrogens (tertiary/aromatic N) is 4. The van der Waals surface area contributed by atoms with Crippen molar-refractivity contribution in [2.75, 3.05) is 38.6 Å². The van der Waals surface area contributed by atoms with Gasteiger partial charge in [-0.05, 0) is 30.2 Å². The van der Waals surface area contributed by atoms with Gasteiger partial charge in [0, 0.05) is 45.6 Å². The summed E-state index contributed by atoms with van der Waals surface area (Å²) in [5.74, 6) is 0.258. The summed E-state index contributed by atoms with van der Waals surface area (Å²) >= 11 is 0. The third-order valence-corrected chi connectivity index (χ3v) is 6.08. The van der Waals surface area contributed by atoms with Crippen LogP contribution in [0.3, 0.4) is 0 Å². The molecule has 2 fully saturated rings. The molecule has 1 aromatic heterocycles. The molecule has 2 aliphatic rings. The molecule has 2 amide bonds. The molecule has 0 saturated carbocycles. The van der Waals surface area contributed by atoms with Crippen LogP contribution in [-0.4, -0.2) is 65.6 Å². The van der Waals surface area contributed by atoms with Gasteiger partial charge in [0.1, 0.15) is 5.82 Å². The van der Waals surface area contributed by atoms with Crippen molar-refractivity contribution in [2.45, 2.75) is 13.0 Å². The number of carbonyl (C=O) groups is 2. The van der Waals surface area contributed by atoms with Crippen LogP contribution in [0, 0.1) is 18.8 Å². The molecule has 2 aliphatic heterocycles. The van der Waals surface area contributed by atoms with Gasteiger partial charge in [-0.3, -0.25) is 0 Å². The molecule has 4 rings (SSSR count). The van der Waals surface area contributed by atoms with Crippen LogP contribution in [0.2, 0.25) is 0 Å². The maximum atomic E-state index is 12.9. The Kier molecular flexibility index (Phi) is 4.90. The highest BCUT2D eigenvalue weighted by Crippen LogP contribution is 2.46. The molecule has 152 valence electrons. The van der Waals surface area contributed by atoms with Gasteiger partial charge in [-0.1, -0.05) is 30.3 Å². The zero-order valence-corrected chi connectivity index (χ0v) is 16.9. The average Bonchev–Trinajstić information content (AvgIpc) is 3.26. The smallest absolute Gasteiger partial charge is 0.354 e. The second-order valence-electron chi connectivity index (χ2n) is 8.15. The summed E-state index contributed by atoms with van der Waals surface area (Å²) in [6, 6.07) is 13.4. The van der Waals surface area contributed by atoms with E-state index in [1.807, 2.05) is 23.1 Å². The predicted octanol–water partition coefficient (Wildman–Crippen LogP) is 2.88. The first-order chi connectivity index (χ1) is 13.9. The molecule has 0 radical (unpaired) electrons. The van der Waals surface area contributed by atoms with Gasteiger partial charge in [-0.25, -0.2) is 14.6 Å². The fraction of sp³-hybridized carbons (Fsp3) is 0.409. The van der Waals surface area contributed by atoms with Crippen LogP contribution >= 0.6 is 0 Å². The summed E-state index contributed by atoms with van der Waals surface area (Å²) in [6.45, 7) is 4.29. The van der Waals surface area contributed by atoms with Crippen LogP contribution in [0.1, 0.15) is 27.7 Å². The van der Waals surface area contributed by atoms with Crippen molar-refractivity contribution < 1.29 is 14.7 Å². The van der Waals surface area contributed by atoms with E-state index in [2.05, 4.69) is 28.9 Å². The number of hydrogen-bond donors (Lipinski definition) is 1. The highest BCUT2D eigenvalue weighted by molar-refractivity contribution is 5.85. The lowest BCUT2D eigenvalue weighted by Crippen LogP contribution is -2.41. The Bertz CT molecular complexity index is 945. The van der Waals surface area contributed by atoms with E-state index < -0.39 is 5.97 Å². The van der Waals surface area contributed by atoms with Crippen molar-refractivity contribution in [2.24, 2.45) is 11.8 Å². The first-order valence-corrected chi connectivity index (χ1v) is 9.85. The molecule has 7 nitrogen and oxygen atoms in total. The molecular weight excluding hydrogens is 368 g/mol. The van der Waals surface area contributed by atoms with E-state index in [9.17, 15) is 14.7 Å². The molecule has 3 heterocycles. The topological polar surface area (TPSA) is 77.0 Å². The zero-order chi connectivity index (χ0) is 20.7. The number of aromatic nitrogens is 1. The maximum absolute atomic E-state index is 12.9. The summed E-state index contributed by atoms with van der Waals surface area (Å²) < 4.78 is 0. The number of benzene rings is 1. The second kappa shape index (κ2) is 7.39. The number of rotatable bonds is 3. The molecule has 0 bridgehead atoms. The number of carbonyl (C=O) groups excluding carboxylic acids is 1. The van der Waals surface area contributed by atoms with Crippen molar-refractivity contribution >= 4 is 17.8 Å². The fourth-order valence-electron chi connectivity index (χ4n) is 4.72. The number of carboxylic acids is 1. The number of anilines is 1. The number of likely N-dealkylation sites (tertiary alicyclic amines) is 1. The Morgan fingerprint density at radius 2 is 1.83 bits per heavy atom. The molecule has 0 unspecified atom stereocenters. The van der Waals surface area contributed by atoms with E-state index in [1.54, 1.807) is 25.1 Å². The summed E-state index contributed by atoms with van der Waals surface area (Å²) in [4.78, 5) is 34.3. The van der Waals surface area contributed by atoms with Gasteiger partial charge >= 0.3 is 12.0 Å². The Balaban J connectivity index is 1.66. The van der Waals surface area contributed by atoms with Crippen molar-refractivity contribution in [3.8, 4) is 0 Å². The van der Waals surface area contributed by atoms with Crippen LogP contribution < -0.4 is 4.90 Å². The number of urea groups is 1. The number of pyridine rings is 1. The van der Waals surface area contributed by atoms with E-state index >= 15 is 0 Å². The van der Waals surface area contributed by atoms with Crippen molar-refractivity contribution in [3.63, 3.8) is 0 Å². The Morgan fingerprint density at radius 3 is 2.52 bits per heavy atom. The van der Waals surface area contributed by atoms with Crippen molar-refractivity contribution in [1.29, 1.82) is 0 Å². The summed E-state index contributed by atoms with van der Waals surface area (Å²) in [7, 11) is 3.58. The number of aryl methyl sites for hydroxylation is 1. The molecule has 1 N–H and O–H groups in total. The number of aromatic carboxylic acids is 1. The Hall–Kier alpha value is -3.09. The minimum Gasteiger partial charge on any atom is -0.477 e. The minimum absolute atomic E-state index is 0.00348. The summed E-state index contributed by atoms with van der Waals surface area (Å²) in [5.41, 5.74) is 2.42. The van der Waals surface area contributed by atoms with Crippen LogP contribution in [-0.2, 0) is 0 Å². The Morgan fingerprint density at radius 1 is 1.07 bits per heavy atom. The monoisotopic (exact) mass is 394 g/mol. The molecule has 1 aromatic carbocycles. The van der Waals surface area contributed by atoms with Gasteiger partial charge in [-0.15, -0.1) is 0 Å². The minimum atomic E-state index is -1.02. The first kappa shape index (κ1) is 19.2. The van der Waals surface area contributed by atoms with Crippen molar-refractivity contribution in [3.05, 3.63) is 59.3 Å². The molecule has 2 aromatic rings. The van der Waals surface area contributed by atoms with Gasteiger partial charge in [0.15, 0.2) is 5.69 Å². The first-order valence-electron chi connectivity index (χ1n) is 9.85. The molecule has 7 heteroatoms. The van der Waals surface area contributed by atoms with Gasteiger partial charge in [0.25, 0.3) is 0 Å². The van der Waals surface area contributed by atoms with Crippen LogP contribution in [0.5, 0.6) is 0 Å². The highest BCUT2D eigenvalue weighted by Gasteiger charge is 2.50. The number of hydrogen-bond acceptors (Lipinski definition) is 4. The largest absolute Gasteiger partial charge is 0.477 e. The third-order valence-electron chi connectivity index (χ3n) is 6.08. The molecule has 2 saturated heterocycles. The van der Waals surface area contributed by atoms with E-state index in [-0.39, 0.29) is 23.7 Å². The van der Waals surface area contributed by atoms with Crippen LogP contribution in [0.4, 0.5) is 10.6 Å². The molecule has 0 aliphatic carbocycles.